The molecule has 0 amide bonds. The molecule has 0 fully saturated rings. The molecule has 0 bridgehead atoms. The molecule has 0 unspecified atom stereocenters. The summed E-state index contributed by atoms with van der Waals surface area (Å²) in [4.78, 5) is 19.4. The van der Waals surface area contributed by atoms with Crippen LogP contribution in [-0.4, -0.2) is 9.97 Å². The van der Waals surface area contributed by atoms with Crippen LogP contribution in [0, 0.1) is 0 Å². The third-order valence-corrected chi connectivity index (χ3v) is 4.34. The lowest BCUT2D eigenvalue weighted by molar-refractivity contribution is -0.137. The zero-order valence-electron chi connectivity index (χ0n) is 14.4. The van der Waals surface area contributed by atoms with Gasteiger partial charge in [0.25, 0.3) is 0 Å². The van der Waals surface area contributed by atoms with Crippen LogP contribution in [0.25, 0.3) is 22.0 Å². The number of hydrogen-bond donors (Lipinski definition) is 2. The van der Waals surface area contributed by atoms with Gasteiger partial charge in [0, 0.05) is 24.1 Å². The first-order valence-electron chi connectivity index (χ1n) is 8.43. The van der Waals surface area contributed by atoms with Crippen LogP contribution in [-0.2, 0) is 6.18 Å². The Kier molecular flexibility index (Phi) is 4.35. The van der Waals surface area contributed by atoms with Crippen molar-refractivity contribution in [1.29, 1.82) is 0 Å². The quantitative estimate of drug-likeness (QED) is 0.503. The lowest BCUT2D eigenvalue weighted by Gasteiger charge is -2.11. The van der Waals surface area contributed by atoms with Crippen LogP contribution in [0.4, 0.5) is 24.7 Å². The summed E-state index contributed by atoms with van der Waals surface area (Å²) in [6.45, 7) is 0. The second-order valence-corrected chi connectivity index (χ2v) is 6.20. The zero-order valence-corrected chi connectivity index (χ0v) is 14.4. The van der Waals surface area contributed by atoms with E-state index in [0.717, 1.165) is 17.7 Å². The van der Waals surface area contributed by atoms with E-state index in [4.69, 9.17) is 0 Å². The Balaban J connectivity index is 1.68. The van der Waals surface area contributed by atoms with Gasteiger partial charge in [0.05, 0.1) is 16.5 Å². The van der Waals surface area contributed by atoms with Crippen molar-refractivity contribution in [2.45, 2.75) is 6.18 Å². The van der Waals surface area contributed by atoms with Gasteiger partial charge in [-0.1, -0.05) is 24.3 Å². The summed E-state index contributed by atoms with van der Waals surface area (Å²) >= 11 is 0. The summed E-state index contributed by atoms with van der Waals surface area (Å²) in [6.07, 6.45) is -1.21. The van der Waals surface area contributed by atoms with E-state index in [9.17, 15) is 18.0 Å². The number of nitrogens with one attached hydrogen (secondary N) is 2. The van der Waals surface area contributed by atoms with Gasteiger partial charge in [-0.05, 0) is 41.5 Å². The molecule has 4 aromatic rings. The summed E-state index contributed by atoms with van der Waals surface area (Å²) in [5.41, 5.74) is 1.87. The predicted molar refractivity (Wildman–Crippen MR) is 103 cm³/mol. The van der Waals surface area contributed by atoms with E-state index in [2.05, 4.69) is 15.3 Å². The van der Waals surface area contributed by atoms with Gasteiger partial charge in [0.2, 0.25) is 0 Å². The molecule has 4 rings (SSSR count). The monoisotopic (exact) mass is 381 g/mol. The highest BCUT2D eigenvalue weighted by Crippen LogP contribution is 2.32. The highest BCUT2D eigenvalue weighted by Gasteiger charge is 2.29. The first-order valence-corrected chi connectivity index (χ1v) is 8.43. The molecule has 2 N–H and O–H groups in total. The number of nitrogens with zero attached hydrogens (tertiary/aromatic N) is 1. The van der Waals surface area contributed by atoms with Crippen LogP contribution in [0.3, 0.4) is 0 Å². The normalized spacial score (nSPS) is 11.5. The van der Waals surface area contributed by atoms with Crippen molar-refractivity contribution in [3.05, 3.63) is 88.8 Å². The number of benzene rings is 2. The van der Waals surface area contributed by atoms with Gasteiger partial charge in [-0.15, -0.1) is 0 Å². The van der Waals surface area contributed by atoms with Crippen LogP contribution < -0.4 is 10.7 Å². The maximum atomic E-state index is 12.7. The number of aromatic nitrogens is 2. The molecule has 7 heteroatoms. The van der Waals surface area contributed by atoms with Crippen molar-refractivity contribution in [3.8, 4) is 11.1 Å². The van der Waals surface area contributed by atoms with Crippen LogP contribution >= 0.6 is 0 Å². The average Bonchev–Trinajstić information content (AvgIpc) is 2.68. The molecule has 140 valence electrons. The van der Waals surface area contributed by atoms with Gasteiger partial charge in [-0.2, -0.15) is 13.2 Å². The fraction of sp³-hybridized carbons (Fsp3) is 0.0476. The van der Waals surface area contributed by atoms with Crippen molar-refractivity contribution in [1.82, 2.24) is 9.97 Å². The largest absolute Gasteiger partial charge is 0.416 e. The van der Waals surface area contributed by atoms with Crippen molar-refractivity contribution in [2.24, 2.45) is 0 Å². The third-order valence-electron chi connectivity index (χ3n) is 4.34. The van der Waals surface area contributed by atoms with E-state index in [1.807, 2.05) is 0 Å². The number of hydrogen-bond acceptors (Lipinski definition) is 3. The Morgan fingerprint density at radius 1 is 0.929 bits per heavy atom. The standard InChI is InChI=1S/C21H14F3N3O/c22-21(23,24)15-6-4-13(5-7-15)14-2-1-3-16(12-14)27-20-19-17(8-10-26-20)25-11-9-18(19)28/h1-12H,(H,25,28)(H,26,27). The van der Waals surface area contributed by atoms with Crippen molar-refractivity contribution >= 4 is 22.4 Å². The Bertz CT molecular complexity index is 1190. The van der Waals surface area contributed by atoms with E-state index in [1.165, 1.54) is 18.2 Å². The van der Waals surface area contributed by atoms with E-state index >= 15 is 0 Å². The van der Waals surface area contributed by atoms with Gasteiger partial charge in [0.1, 0.15) is 5.82 Å². The van der Waals surface area contributed by atoms with Crippen LogP contribution in [0.15, 0.2) is 77.9 Å². The van der Waals surface area contributed by atoms with Crippen molar-refractivity contribution < 1.29 is 13.2 Å². The summed E-state index contributed by atoms with van der Waals surface area (Å²) in [6, 6.07) is 15.3. The van der Waals surface area contributed by atoms with Gasteiger partial charge < -0.3 is 10.3 Å². The number of aromatic amines is 1. The SMILES string of the molecule is O=c1cc[nH]c2ccnc(Nc3cccc(-c4ccc(C(F)(F)F)cc4)c3)c12. The minimum Gasteiger partial charge on any atom is -0.361 e. The predicted octanol–water partition coefficient (Wildman–Crippen LogP) is 5.35. The summed E-state index contributed by atoms with van der Waals surface area (Å²) in [5, 5.41) is 3.56. The summed E-state index contributed by atoms with van der Waals surface area (Å²) < 4.78 is 38.2. The number of halogens is 3. The number of alkyl halides is 3. The fourth-order valence-corrected chi connectivity index (χ4v) is 2.98. The van der Waals surface area contributed by atoms with E-state index in [0.29, 0.717) is 28.0 Å². The third kappa shape index (κ3) is 3.46. The lowest BCUT2D eigenvalue weighted by Crippen LogP contribution is -2.05. The minimum atomic E-state index is -4.37. The highest BCUT2D eigenvalue weighted by molar-refractivity contribution is 5.90. The Morgan fingerprint density at radius 3 is 2.46 bits per heavy atom. The molecule has 0 saturated heterocycles. The highest BCUT2D eigenvalue weighted by atomic mass is 19.4. The van der Waals surface area contributed by atoms with Crippen molar-refractivity contribution in [2.75, 3.05) is 5.32 Å². The lowest BCUT2D eigenvalue weighted by atomic mass is 10.0. The van der Waals surface area contributed by atoms with Crippen LogP contribution in [0.2, 0.25) is 0 Å². The number of fused-ring (bicyclic) bond motifs is 1. The molecule has 2 aromatic carbocycles. The van der Waals surface area contributed by atoms with E-state index in [1.54, 1.807) is 42.7 Å². The molecule has 28 heavy (non-hydrogen) atoms. The van der Waals surface area contributed by atoms with Gasteiger partial charge in [0.15, 0.2) is 5.43 Å². The van der Waals surface area contributed by atoms with Gasteiger partial charge >= 0.3 is 6.18 Å². The van der Waals surface area contributed by atoms with Gasteiger partial charge in [-0.3, -0.25) is 4.79 Å². The minimum absolute atomic E-state index is 0.164. The topological polar surface area (TPSA) is 57.8 Å². The molecule has 0 saturated carbocycles. The number of anilines is 2. The molecule has 0 aliphatic rings. The first kappa shape index (κ1) is 17.8. The average molecular weight is 381 g/mol. The van der Waals surface area contributed by atoms with Crippen LogP contribution in [0.1, 0.15) is 5.56 Å². The van der Waals surface area contributed by atoms with Crippen molar-refractivity contribution in [3.63, 3.8) is 0 Å². The molecule has 0 aliphatic heterocycles. The Labute approximate surface area is 157 Å². The second-order valence-electron chi connectivity index (χ2n) is 6.20. The molecule has 0 atom stereocenters. The zero-order chi connectivity index (χ0) is 19.7. The van der Waals surface area contributed by atoms with E-state index in [-0.39, 0.29) is 5.43 Å². The Hall–Kier alpha value is -3.61. The first-order chi connectivity index (χ1) is 13.4. The maximum absolute atomic E-state index is 12.7. The molecular formula is C21H14F3N3O. The molecule has 0 aliphatic carbocycles. The molecule has 2 heterocycles. The molecule has 0 spiro atoms. The molecule has 0 radical (unpaired) electrons. The number of H-pyrrole nitrogens is 1. The fourth-order valence-electron chi connectivity index (χ4n) is 2.98. The molecule has 2 aromatic heterocycles. The van der Waals surface area contributed by atoms with E-state index < -0.39 is 11.7 Å². The Morgan fingerprint density at radius 2 is 1.71 bits per heavy atom. The second kappa shape index (κ2) is 6.84. The van der Waals surface area contributed by atoms with Gasteiger partial charge in [-0.25, -0.2) is 4.98 Å². The smallest absolute Gasteiger partial charge is 0.361 e. The maximum Gasteiger partial charge on any atom is 0.416 e. The number of pyridine rings is 2. The summed E-state index contributed by atoms with van der Waals surface area (Å²) in [7, 11) is 0. The van der Waals surface area contributed by atoms with Crippen LogP contribution in [0.5, 0.6) is 0 Å². The molecule has 4 nitrogen and oxygen atoms in total. The number of rotatable bonds is 3. The molecular weight excluding hydrogens is 367 g/mol. The summed E-state index contributed by atoms with van der Waals surface area (Å²) in [5.74, 6) is 0.406.